The molecule has 8 heteroatoms. The van der Waals surface area contributed by atoms with E-state index >= 15 is 0 Å². The number of fused-ring (bicyclic) bond motifs is 10. The number of benzene rings is 8. The number of hydrogen-bond acceptors (Lipinski definition) is 5. The first kappa shape index (κ1) is 39.1. The Bertz CT molecular complexity index is 3980. The highest BCUT2D eigenvalue weighted by Gasteiger charge is 2.26. The Morgan fingerprint density at radius 1 is 0.420 bits per heavy atom. The van der Waals surface area contributed by atoms with Gasteiger partial charge in [0.25, 0.3) is 0 Å². The Balaban J connectivity index is 0.943. The monoisotopic (exact) mass is 889 g/mol. The lowest BCUT2D eigenvalue weighted by Gasteiger charge is -2.21. The Hall–Kier alpha value is -9.14. The second-order valence-corrected chi connectivity index (χ2v) is 18.0. The molecule has 0 unspecified atom stereocenters. The van der Waals surface area contributed by atoms with Gasteiger partial charge in [0.2, 0.25) is 0 Å². The third-order valence-electron chi connectivity index (χ3n) is 14.1. The number of aromatic nitrogens is 5. The van der Waals surface area contributed by atoms with Crippen molar-refractivity contribution in [2.45, 2.75) is 6.92 Å². The standard InChI is InChI=1S/C61H43N7O/c1-39-32-60(68-54-27-12-7-22-47(54)48-31-30-42(34-57(48)68)69-41-17-15-16-40(33-41)65-38-64(2)55-28-13-14-29-56(55)65)63-35-49(39)61-58(66-50-23-8-3-18-43(50)44-19-4-9-24-51(44)66)36-62-37-59(61)67-52-25-10-5-20-45(52)46-21-6-11-26-53(46)67/h3-37H,38H2,1-2H3. The van der Waals surface area contributed by atoms with E-state index in [9.17, 15) is 0 Å². The fourth-order valence-electron chi connectivity index (χ4n) is 11.1. The van der Waals surface area contributed by atoms with Gasteiger partial charge in [-0.1, -0.05) is 109 Å². The SMILES string of the molecule is Cc1cc(-n2c3ccccc3c3ccc(Oc4cccc(N5CN(C)c6ccccc65)c4)cc32)ncc1-c1c(-n2c3ccccc3c3ccccc32)cncc1-n1c2ccccc2c2ccccc21. The van der Waals surface area contributed by atoms with Crippen LogP contribution in [0.4, 0.5) is 17.1 Å². The van der Waals surface area contributed by atoms with Crippen LogP contribution in [0.5, 0.6) is 11.5 Å². The van der Waals surface area contributed by atoms with Crippen LogP contribution in [0.15, 0.2) is 213 Å². The molecule has 0 aliphatic carbocycles. The number of ether oxygens (including phenoxy) is 1. The minimum atomic E-state index is 0.749. The second-order valence-electron chi connectivity index (χ2n) is 18.0. The molecule has 0 fully saturated rings. The van der Waals surface area contributed by atoms with E-state index in [2.05, 4.69) is 232 Å². The molecular formula is C61H43N7O. The molecule has 14 rings (SSSR count). The van der Waals surface area contributed by atoms with Gasteiger partial charge in [-0.05, 0) is 85.3 Å². The zero-order chi connectivity index (χ0) is 45.7. The van der Waals surface area contributed by atoms with Crippen molar-refractivity contribution in [2.24, 2.45) is 0 Å². The molecule has 6 heterocycles. The predicted octanol–water partition coefficient (Wildman–Crippen LogP) is 15.1. The Morgan fingerprint density at radius 3 is 1.48 bits per heavy atom. The molecule has 69 heavy (non-hydrogen) atoms. The Kier molecular flexibility index (Phi) is 8.61. The van der Waals surface area contributed by atoms with Gasteiger partial charge in [-0.2, -0.15) is 0 Å². The van der Waals surface area contributed by atoms with Crippen molar-refractivity contribution in [3.63, 3.8) is 0 Å². The predicted molar refractivity (Wildman–Crippen MR) is 284 cm³/mol. The molecule has 0 atom stereocenters. The van der Waals surface area contributed by atoms with Crippen LogP contribution < -0.4 is 14.5 Å². The minimum absolute atomic E-state index is 0.749. The maximum absolute atomic E-state index is 6.72. The van der Waals surface area contributed by atoms with Crippen LogP contribution in [0.1, 0.15) is 5.56 Å². The molecule has 8 aromatic carbocycles. The summed E-state index contributed by atoms with van der Waals surface area (Å²) in [6.45, 7) is 2.97. The van der Waals surface area contributed by atoms with Crippen molar-refractivity contribution < 1.29 is 4.74 Å². The van der Waals surface area contributed by atoms with E-state index in [1.54, 1.807) is 0 Å². The minimum Gasteiger partial charge on any atom is -0.457 e. The summed E-state index contributed by atoms with van der Waals surface area (Å²) in [6.07, 6.45) is 6.10. The molecule has 0 saturated carbocycles. The van der Waals surface area contributed by atoms with Crippen LogP contribution in [-0.2, 0) is 0 Å². The molecule has 13 aromatic rings. The third kappa shape index (κ3) is 5.95. The molecule has 8 nitrogen and oxygen atoms in total. The summed E-state index contributed by atoms with van der Waals surface area (Å²) in [5, 5.41) is 7.05. The van der Waals surface area contributed by atoms with Crippen LogP contribution in [0, 0.1) is 6.92 Å². The molecule has 328 valence electrons. The van der Waals surface area contributed by atoms with Crippen LogP contribution in [0.25, 0.3) is 93.7 Å². The second kappa shape index (κ2) is 15.2. The van der Waals surface area contributed by atoms with Gasteiger partial charge >= 0.3 is 0 Å². The highest BCUT2D eigenvalue weighted by molar-refractivity contribution is 6.12. The number of rotatable bonds is 7. The average molecular weight is 890 g/mol. The molecular weight excluding hydrogens is 847 g/mol. The van der Waals surface area contributed by atoms with Crippen molar-refractivity contribution in [1.82, 2.24) is 23.7 Å². The Labute approximate surface area is 397 Å². The smallest absolute Gasteiger partial charge is 0.137 e. The summed E-state index contributed by atoms with van der Waals surface area (Å²) in [5.41, 5.74) is 15.1. The number of pyridine rings is 2. The summed E-state index contributed by atoms with van der Waals surface area (Å²) in [6, 6.07) is 68.8. The highest BCUT2D eigenvalue weighted by atomic mass is 16.5. The first-order chi connectivity index (χ1) is 34.1. The maximum atomic E-state index is 6.72. The third-order valence-corrected chi connectivity index (χ3v) is 14.1. The van der Waals surface area contributed by atoms with E-state index in [4.69, 9.17) is 14.7 Å². The molecule has 1 aliphatic heterocycles. The summed E-state index contributed by atoms with van der Waals surface area (Å²) in [4.78, 5) is 15.1. The van der Waals surface area contributed by atoms with E-state index in [1.165, 1.54) is 32.9 Å². The number of anilines is 3. The van der Waals surface area contributed by atoms with E-state index in [1.807, 2.05) is 18.5 Å². The van der Waals surface area contributed by atoms with Gasteiger partial charge < -0.3 is 23.7 Å². The lowest BCUT2D eigenvalue weighted by Crippen LogP contribution is -2.23. The number of para-hydroxylation sites is 7. The van der Waals surface area contributed by atoms with Gasteiger partial charge in [-0.15, -0.1) is 0 Å². The van der Waals surface area contributed by atoms with Crippen molar-refractivity contribution in [3.05, 3.63) is 218 Å². The van der Waals surface area contributed by atoms with Crippen LogP contribution in [-0.4, -0.2) is 37.4 Å². The van der Waals surface area contributed by atoms with Crippen LogP contribution in [0.3, 0.4) is 0 Å². The topological polar surface area (TPSA) is 56.3 Å². The lowest BCUT2D eigenvalue weighted by molar-refractivity contribution is 0.483. The maximum Gasteiger partial charge on any atom is 0.137 e. The van der Waals surface area contributed by atoms with Gasteiger partial charge in [0.15, 0.2) is 0 Å². The fourth-order valence-corrected chi connectivity index (χ4v) is 11.1. The van der Waals surface area contributed by atoms with Crippen molar-refractivity contribution in [3.8, 4) is 39.8 Å². The van der Waals surface area contributed by atoms with Gasteiger partial charge in [0.1, 0.15) is 17.3 Å². The van der Waals surface area contributed by atoms with Gasteiger partial charge in [0, 0.05) is 74.5 Å². The quantitative estimate of drug-likeness (QED) is 0.160. The zero-order valence-electron chi connectivity index (χ0n) is 38.0. The molecule has 0 amide bonds. The molecule has 0 N–H and O–H groups in total. The van der Waals surface area contributed by atoms with Crippen molar-refractivity contribution in [1.29, 1.82) is 0 Å². The van der Waals surface area contributed by atoms with Gasteiger partial charge in [-0.3, -0.25) is 9.55 Å². The molecule has 0 spiro atoms. The number of nitrogens with zero attached hydrogens (tertiary/aromatic N) is 7. The van der Waals surface area contributed by atoms with E-state index < -0.39 is 0 Å². The number of aryl methyl sites for hydroxylation is 1. The molecule has 1 aliphatic rings. The lowest BCUT2D eigenvalue weighted by atomic mass is 9.99. The largest absolute Gasteiger partial charge is 0.457 e. The highest BCUT2D eigenvalue weighted by Crippen LogP contribution is 2.44. The van der Waals surface area contributed by atoms with E-state index in [0.29, 0.717) is 0 Å². The van der Waals surface area contributed by atoms with E-state index in [0.717, 1.165) is 102 Å². The van der Waals surface area contributed by atoms with Gasteiger partial charge in [-0.25, -0.2) is 4.98 Å². The van der Waals surface area contributed by atoms with Crippen LogP contribution >= 0.6 is 0 Å². The molecule has 5 aromatic heterocycles. The normalized spacial score (nSPS) is 12.7. The Morgan fingerprint density at radius 2 is 0.913 bits per heavy atom. The first-order valence-corrected chi connectivity index (χ1v) is 23.4. The summed E-state index contributed by atoms with van der Waals surface area (Å²) < 4.78 is 13.8. The summed E-state index contributed by atoms with van der Waals surface area (Å²) >= 11 is 0. The van der Waals surface area contributed by atoms with Gasteiger partial charge in [0.05, 0.1) is 74.9 Å². The molecule has 0 bridgehead atoms. The summed E-state index contributed by atoms with van der Waals surface area (Å²) in [5.74, 6) is 2.35. The van der Waals surface area contributed by atoms with Crippen molar-refractivity contribution >= 4 is 82.5 Å². The molecule has 0 radical (unpaired) electrons. The van der Waals surface area contributed by atoms with Crippen molar-refractivity contribution in [2.75, 3.05) is 23.5 Å². The average Bonchev–Trinajstić information content (AvgIpc) is 4.12. The fraction of sp³-hybridized carbons (Fsp3) is 0.0492. The van der Waals surface area contributed by atoms with Crippen LogP contribution in [0.2, 0.25) is 0 Å². The summed E-state index contributed by atoms with van der Waals surface area (Å²) in [7, 11) is 2.13. The zero-order valence-corrected chi connectivity index (χ0v) is 38.0. The van der Waals surface area contributed by atoms with E-state index in [-0.39, 0.29) is 0 Å². The first-order valence-electron chi connectivity index (χ1n) is 23.4. The molecule has 0 saturated heterocycles. The number of hydrogen-bond donors (Lipinski definition) is 0.